The standard InChI is InChI=1S/C15H20F2N2O2/c1-9(10-3-5-19(2)6-4-10)18-14-7-11(15(20)21)12(16)8-13(14)17/h7-10,18H,3-6H2,1-2H3,(H,20,21). The summed E-state index contributed by atoms with van der Waals surface area (Å²) >= 11 is 0. The fourth-order valence-corrected chi connectivity index (χ4v) is 2.72. The molecule has 1 aromatic rings. The van der Waals surface area contributed by atoms with Crippen molar-refractivity contribution in [1.29, 1.82) is 0 Å². The molecule has 1 aliphatic rings. The van der Waals surface area contributed by atoms with E-state index in [1.54, 1.807) is 0 Å². The Morgan fingerprint density at radius 2 is 1.95 bits per heavy atom. The smallest absolute Gasteiger partial charge is 0.338 e. The lowest BCUT2D eigenvalue weighted by molar-refractivity contribution is 0.0692. The number of hydrogen-bond acceptors (Lipinski definition) is 3. The van der Waals surface area contributed by atoms with Crippen LogP contribution in [0.5, 0.6) is 0 Å². The molecular weight excluding hydrogens is 278 g/mol. The maximum atomic E-state index is 13.8. The molecule has 2 rings (SSSR count). The number of halogens is 2. The fraction of sp³-hybridized carbons (Fsp3) is 0.533. The lowest BCUT2D eigenvalue weighted by atomic mass is 9.90. The van der Waals surface area contributed by atoms with Crippen LogP contribution in [0.15, 0.2) is 12.1 Å². The predicted octanol–water partition coefficient (Wildman–Crippen LogP) is 2.81. The Morgan fingerprint density at radius 1 is 1.33 bits per heavy atom. The zero-order valence-electron chi connectivity index (χ0n) is 12.2. The molecule has 0 amide bonds. The molecule has 0 aromatic heterocycles. The number of piperidine rings is 1. The number of benzene rings is 1. The van der Waals surface area contributed by atoms with Crippen LogP contribution >= 0.6 is 0 Å². The fourth-order valence-electron chi connectivity index (χ4n) is 2.72. The van der Waals surface area contributed by atoms with E-state index in [4.69, 9.17) is 5.11 Å². The summed E-state index contributed by atoms with van der Waals surface area (Å²) in [6.45, 7) is 3.92. The summed E-state index contributed by atoms with van der Waals surface area (Å²) in [6.07, 6.45) is 2.00. The van der Waals surface area contributed by atoms with Crippen LogP contribution in [0.25, 0.3) is 0 Å². The molecule has 6 heteroatoms. The molecule has 0 radical (unpaired) electrons. The Kier molecular flexibility index (Phi) is 4.77. The number of anilines is 1. The van der Waals surface area contributed by atoms with Crippen molar-refractivity contribution < 1.29 is 18.7 Å². The number of hydrogen-bond donors (Lipinski definition) is 2. The molecule has 116 valence electrons. The van der Waals surface area contributed by atoms with Crippen LogP contribution in [-0.2, 0) is 0 Å². The Balaban J connectivity index is 2.11. The predicted molar refractivity (Wildman–Crippen MR) is 76.6 cm³/mol. The Hall–Kier alpha value is -1.69. The van der Waals surface area contributed by atoms with Gasteiger partial charge in [0.1, 0.15) is 11.6 Å². The molecule has 4 nitrogen and oxygen atoms in total. The minimum absolute atomic E-state index is 0.000283. The third-order valence-electron chi connectivity index (χ3n) is 4.14. The van der Waals surface area contributed by atoms with Gasteiger partial charge in [-0.15, -0.1) is 0 Å². The normalized spacial score (nSPS) is 18.5. The topological polar surface area (TPSA) is 52.6 Å². The summed E-state index contributed by atoms with van der Waals surface area (Å²) in [4.78, 5) is 13.2. The minimum atomic E-state index is -1.40. The van der Waals surface area contributed by atoms with Gasteiger partial charge in [0, 0.05) is 12.1 Å². The third-order valence-corrected chi connectivity index (χ3v) is 4.14. The van der Waals surface area contributed by atoms with Crippen molar-refractivity contribution in [3.05, 3.63) is 29.3 Å². The molecule has 0 aliphatic carbocycles. The van der Waals surface area contributed by atoms with Gasteiger partial charge in [-0.1, -0.05) is 0 Å². The van der Waals surface area contributed by atoms with Gasteiger partial charge >= 0.3 is 5.97 Å². The summed E-state index contributed by atoms with van der Waals surface area (Å²) in [7, 11) is 2.06. The second-order valence-electron chi connectivity index (χ2n) is 5.69. The van der Waals surface area contributed by atoms with Gasteiger partial charge in [-0.05, 0) is 51.9 Å². The van der Waals surface area contributed by atoms with Crippen molar-refractivity contribution in [2.75, 3.05) is 25.5 Å². The van der Waals surface area contributed by atoms with Crippen molar-refractivity contribution in [3.63, 3.8) is 0 Å². The van der Waals surface area contributed by atoms with E-state index < -0.39 is 23.2 Å². The summed E-state index contributed by atoms with van der Waals surface area (Å²) < 4.78 is 27.1. The first-order valence-electron chi connectivity index (χ1n) is 7.06. The van der Waals surface area contributed by atoms with E-state index in [-0.39, 0.29) is 11.7 Å². The largest absolute Gasteiger partial charge is 0.478 e. The molecule has 1 heterocycles. The maximum Gasteiger partial charge on any atom is 0.338 e. The summed E-state index contributed by atoms with van der Waals surface area (Å²) in [5, 5.41) is 11.9. The molecule has 1 aromatic carbocycles. The van der Waals surface area contributed by atoms with Crippen LogP contribution in [0.1, 0.15) is 30.1 Å². The number of likely N-dealkylation sites (tertiary alicyclic amines) is 1. The molecule has 0 bridgehead atoms. The van der Waals surface area contributed by atoms with Crippen LogP contribution in [0, 0.1) is 17.6 Å². The highest BCUT2D eigenvalue weighted by Gasteiger charge is 2.23. The molecule has 1 aliphatic heterocycles. The number of aromatic carboxylic acids is 1. The van der Waals surface area contributed by atoms with Crippen molar-refractivity contribution in [2.45, 2.75) is 25.8 Å². The van der Waals surface area contributed by atoms with Crippen molar-refractivity contribution >= 4 is 11.7 Å². The quantitative estimate of drug-likeness (QED) is 0.897. The first-order valence-corrected chi connectivity index (χ1v) is 7.06. The van der Waals surface area contributed by atoms with E-state index in [0.29, 0.717) is 12.0 Å². The average Bonchev–Trinajstić information content (AvgIpc) is 2.42. The lowest BCUT2D eigenvalue weighted by Crippen LogP contribution is -2.37. The minimum Gasteiger partial charge on any atom is -0.478 e. The van der Waals surface area contributed by atoms with Gasteiger partial charge in [0.2, 0.25) is 0 Å². The molecule has 2 N–H and O–H groups in total. The highest BCUT2D eigenvalue weighted by atomic mass is 19.1. The van der Waals surface area contributed by atoms with Gasteiger partial charge in [0.25, 0.3) is 0 Å². The first-order chi connectivity index (χ1) is 9.88. The van der Waals surface area contributed by atoms with E-state index in [0.717, 1.165) is 32.0 Å². The highest BCUT2D eigenvalue weighted by molar-refractivity contribution is 5.89. The zero-order valence-corrected chi connectivity index (χ0v) is 12.2. The third kappa shape index (κ3) is 3.69. The molecule has 0 spiro atoms. The molecule has 0 saturated carbocycles. The van der Waals surface area contributed by atoms with Gasteiger partial charge in [-0.3, -0.25) is 0 Å². The SMILES string of the molecule is CC(Nc1cc(C(=O)O)c(F)cc1F)C1CCN(C)CC1. The van der Waals surface area contributed by atoms with Crippen LogP contribution in [-0.4, -0.2) is 42.2 Å². The van der Waals surface area contributed by atoms with Crippen LogP contribution < -0.4 is 5.32 Å². The summed E-state index contributed by atoms with van der Waals surface area (Å²) in [6, 6.07) is 1.64. The monoisotopic (exact) mass is 298 g/mol. The molecule has 21 heavy (non-hydrogen) atoms. The van der Waals surface area contributed by atoms with Gasteiger partial charge in [0.05, 0.1) is 11.3 Å². The lowest BCUT2D eigenvalue weighted by Gasteiger charge is -2.33. The number of carbonyl (C=O) groups is 1. The first kappa shape index (κ1) is 15.7. The van der Waals surface area contributed by atoms with E-state index in [2.05, 4.69) is 17.3 Å². The van der Waals surface area contributed by atoms with Gasteiger partial charge in [-0.2, -0.15) is 0 Å². The van der Waals surface area contributed by atoms with Gasteiger partial charge in [0.15, 0.2) is 0 Å². The zero-order chi connectivity index (χ0) is 15.6. The van der Waals surface area contributed by atoms with Gasteiger partial charge in [-0.25, -0.2) is 13.6 Å². The van der Waals surface area contributed by atoms with Crippen LogP contribution in [0.2, 0.25) is 0 Å². The summed E-state index contributed by atoms with van der Waals surface area (Å²) in [5.74, 6) is -2.84. The van der Waals surface area contributed by atoms with Crippen LogP contribution in [0.3, 0.4) is 0 Å². The number of nitrogens with one attached hydrogen (secondary N) is 1. The number of rotatable bonds is 4. The van der Waals surface area contributed by atoms with Gasteiger partial charge < -0.3 is 15.3 Å². The summed E-state index contributed by atoms with van der Waals surface area (Å²) in [5.41, 5.74) is -0.477. The molecule has 1 fully saturated rings. The second kappa shape index (κ2) is 6.39. The number of carboxylic acid groups (broad SMARTS) is 1. The number of carboxylic acids is 1. The molecule has 1 saturated heterocycles. The van der Waals surface area contributed by atoms with Crippen molar-refractivity contribution in [3.8, 4) is 0 Å². The van der Waals surface area contributed by atoms with E-state index in [1.807, 2.05) is 6.92 Å². The Morgan fingerprint density at radius 3 is 2.52 bits per heavy atom. The van der Waals surface area contributed by atoms with E-state index in [9.17, 15) is 13.6 Å². The molecule has 1 unspecified atom stereocenters. The Labute approximate surface area is 122 Å². The second-order valence-corrected chi connectivity index (χ2v) is 5.69. The van der Waals surface area contributed by atoms with E-state index >= 15 is 0 Å². The molecular formula is C15H20F2N2O2. The molecule has 1 atom stereocenters. The van der Waals surface area contributed by atoms with E-state index in [1.165, 1.54) is 0 Å². The highest BCUT2D eigenvalue weighted by Crippen LogP contribution is 2.25. The van der Waals surface area contributed by atoms with Crippen molar-refractivity contribution in [2.24, 2.45) is 5.92 Å². The Bertz CT molecular complexity index is 529. The average molecular weight is 298 g/mol. The van der Waals surface area contributed by atoms with Crippen molar-refractivity contribution in [1.82, 2.24) is 4.90 Å². The van der Waals surface area contributed by atoms with Crippen LogP contribution in [0.4, 0.5) is 14.5 Å². The maximum absolute atomic E-state index is 13.8. The number of nitrogens with zero attached hydrogens (tertiary/aromatic N) is 1.